The molecule has 0 saturated carbocycles. The van der Waals surface area contributed by atoms with Crippen molar-refractivity contribution in [3.63, 3.8) is 0 Å². The first-order valence-electron chi connectivity index (χ1n) is 4.08. The van der Waals surface area contributed by atoms with Crippen LogP contribution in [0.4, 0.5) is 5.82 Å². The van der Waals surface area contributed by atoms with Crippen LogP contribution in [0, 0.1) is 6.92 Å². The molecule has 0 fully saturated rings. The van der Waals surface area contributed by atoms with Crippen LogP contribution in [-0.4, -0.2) is 16.5 Å². The molecule has 3 nitrogen and oxygen atoms in total. The Labute approximate surface area is 86.4 Å². The Bertz CT molecular complexity index is 299. The first kappa shape index (κ1) is 10.2. The second kappa shape index (κ2) is 4.97. The zero-order chi connectivity index (χ0) is 9.68. The number of nitrogens with one attached hydrogen (secondary N) is 1. The van der Waals surface area contributed by atoms with Gasteiger partial charge in [0.25, 0.3) is 0 Å². The van der Waals surface area contributed by atoms with Crippen LogP contribution in [0.2, 0.25) is 0 Å². The van der Waals surface area contributed by atoms with Crippen molar-refractivity contribution in [1.29, 1.82) is 0 Å². The molecule has 0 spiro atoms. The summed E-state index contributed by atoms with van der Waals surface area (Å²) in [6, 6.07) is 0. The molecule has 1 aromatic rings. The fourth-order valence-corrected chi connectivity index (χ4v) is 1.20. The quantitative estimate of drug-likeness (QED) is 0.651. The van der Waals surface area contributed by atoms with Crippen molar-refractivity contribution < 1.29 is 0 Å². The molecule has 1 heterocycles. The second-order valence-corrected chi connectivity index (χ2v) is 3.47. The van der Waals surface area contributed by atoms with Crippen molar-refractivity contribution in [3.05, 3.63) is 29.1 Å². The van der Waals surface area contributed by atoms with E-state index in [0.29, 0.717) is 0 Å². The zero-order valence-electron chi connectivity index (χ0n) is 7.55. The monoisotopic (exact) mass is 241 g/mol. The summed E-state index contributed by atoms with van der Waals surface area (Å²) in [6.07, 6.45) is 4.54. The van der Waals surface area contributed by atoms with Gasteiger partial charge < -0.3 is 5.32 Å². The molecule has 0 atom stereocenters. The van der Waals surface area contributed by atoms with Crippen molar-refractivity contribution in [2.24, 2.45) is 0 Å². The maximum atomic E-state index is 4.24. The summed E-state index contributed by atoms with van der Waals surface area (Å²) >= 11 is 3.37. The van der Waals surface area contributed by atoms with Gasteiger partial charge in [-0.15, -0.1) is 6.58 Å². The highest BCUT2D eigenvalue weighted by molar-refractivity contribution is 9.10. The van der Waals surface area contributed by atoms with E-state index in [1.165, 1.54) is 0 Å². The van der Waals surface area contributed by atoms with Gasteiger partial charge in [-0.2, -0.15) is 0 Å². The van der Waals surface area contributed by atoms with Crippen LogP contribution in [0.25, 0.3) is 0 Å². The van der Waals surface area contributed by atoms with Crippen LogP contribution >= 0.6 is 15.9 Å². The third kappa shape index (κ3) is 3.14. The molecule has 0 amide bonds. The summed E-state index contributed by atoms with van der Waals surface area (Å²) in [5, 5.41) is 3.19. The summed E-state index contributed by atoms with van der Waals surface area (Å²) in [7, 11) is 0. The summed E-state index contributed by atoms with van der Waals surface area (Å²) < 4.78 is 0.891. The van der Waals surface area contributed by atoms with Crippen molar-refractivity contribution in [3.8, 4) is 0 Å². The number of hydrogen-bond acceptors (Lipinski definition) is 3. The topological polar surface area (TPSA) is 37.8 Å². The van der Waals surface area contributed by atoms with Gasteiger partial charge in [-0.05, 0) is 29.3 Å². The molecule has 0 saturated heterocycles. The van der Waals surface area contributed by atoms with Crippen LogP contribution in [-0.2, 0) is 0 Å². The minimum atomic E-state index is 0.768. The molecule has 4 heteroatoms. The molecule has 70 valence electrons. The highest BCUT2D eigenvalue weighted by Crippen LogP contribution is 2.17. The Morgan fingerprint density at radius 3 is 3.15 bits per heavy atom. The molecule has 0 radical (unpaired) electrons. The first-order valence-corrected chi connectivity index (χ1v) is 4.87. The Morgan fingerprint density at radius 1 is 1.69 bits per heavy atom. The predicted octanol–water partition coefficient (Wildman–Crippen LogP) is 2.54. The van der Waals surface area contributed by atoms with E-state index in [4.69, 9.17) is 0 Å². The van der Waals surface area contributed by atoms with Crippen molar-refractivity contribution >= 4 is 21.7 Å². The first-order chi connectivity index (χ1) is 6.24. The highest BCUT2D eigenvalue weighted by Gasteiger charge is 2.00. The van der Waals surface area contributed by atoms with Gasteiger partial charge in [0.1, 0.15) is 11.6 Å². The SMILES string of the molecule is C=CCCNc1nc(C)ncc1Br. The van der Waals surface area contributed by atoms with Crippen molar-refractivity contribution in [2.45, 2.75) is 13.3 Å². The minimum Gasteiger partial charge on any atom is -0.369 e. The van der Waals surface area contributed by atoms with Gasteiger partial charge in [0, 0.05) is 12.7 Å². The maximum absolute atomic E-state index is 4.24. The lowest BCUT2D eigenvalue weighted by Gasteiger charge is -2.05. The van der Waals surface area contributed by atoms with E-state index in [1.54, 1.807) is 6.20 Å². The molecule has 1 N–H and O–H groups in total. The fourth-order valence-electron chi connectivity index (χ4n) is 0.872. The van der Waals surface area contributed by atoms with E-state index in [-0.39, 0.29) is 0 Å². The Balaban J connectivity index is 2.64. The Morgan fingerprint density at radius 2 is 2.46 bits per heavy atom. The number of aromatic nitrogens is 2. The lowest BCUT2D eigenvalue weighted by Crippen LogP contribution is -2.04. The van der Waals surface area contributed by atoms with Gasteiger partial charge in [0.15, 0.2) is 0 Å². The average Bonchev–Trinajstić information content (AvgIpc) is 2.11. The van der Waals surface area contributed by atoms with Crippen LogP contribution in [0.3, 0.4) is 0 Å². The Hall–Kier alpha value is -0.900. The number of rotatable bonds is 4. The number of aryl methyl sites for hydroxylation is 1. The second-order valence-electron chi connectivity index (χ2n) is 2.62. The number of hydrogen-bond donors (Lipinski definition) is 1. The molecule has 0 unspecified atom stereocenters. The van der Waals surface area contributed by atoms with Gasteiger partial charge in [-0.3, -0.25) is 0 Å². The van der Waals surface area contributed by atoms with E-state index in [1.807, 2.05) is 13.0 Å². The molecule has 0 aliphatic rings. The van der Waals surface area contributed by atoms with Crippen molar-refractivity contribution in [2.75, 3.05) is 11.9 Å². The third-order valence-electron chi connectivity index (χ3n) is 1.51. The van der Waals surface area contributed by atoms with Crippen LogP contribution in [0.1, 0.15) is 12.2 Å². The van der Waals surface area contributed by atoms with Gasteiger partial charge >= 0.3 is 0 Å². The number of anilines is 1. The molecule has 0 aliphatic carbocycles. The third-order valence-corrected chi connectivity index (χ3v) is 2.09. The van der Waals surface area contributed by atoms with E-state index in [9.17, 15) is 0 Å². The summed E-state index contributed by atoms with van der Waals surface area (Å²) in [6.45, 7) is 6.36. The van der Waals surface area contributed by atoms with Crippen LogP contribution in [0.15, 0.2) is 23.3 Å². The molecule has 0 aromatic carbocycles. The summed E-state index contributed by atoms with van der Waals surface area (Å²) in [5.74, 6) is 1.61. The number of nitrogens with zero attached hydrogens (tertiary/aromatic N) is 2. The smallest absolute Gasteiger partial charge is 0.144 e. The zero-order valence-corrected chi connectivity index (χ0v) is 9.13. The Kier molecular flexibility index (Phi) is 3.89. The standard InChI is InChI=1S/C9H12BrN3/c1-3-4-5-11-9-8(10)6-12-7(2)13-9/h3,6H,1,4-5H2,2H3,(H,11,12,13). The normalized spacial score (nSPS) is 9.69. The van der Waals surface area contributed by atoms with E-state index in [0.717, 1.165) is 29.1 Å². The van der Waals surface area contributed by atoms with Gasteiger partial charge in [0.2, 0.25) is 0 Å². The highest BCUT2D eigenvalue weighted by atomic mass is 79.9. The van der Waals surface area contributed by atoms with E-state index in [2.05, 4.69) is 37.8 Å². The summed E-state index contributed by atoms with van der Waals surface area (Å²) in [4.78, 5) is 8.29. The van der Waals surface area contributed by atoms with Crippen LogP contribution < -0.4 is 5.32 Å². The lowest BCUT2D eigenvalue weighted by atomic mass is 10.4. The largest absolute Gasteiger partial charge is 0.369 e. The maximum Gasteiger partial charge on any atom is 0.144 e. The van der Waals surface area contributed by atoms with Crippen molar-refractivity contribution in [1.82, 2.24) is 9.97 Å². The summed E-state index contributed by atoms with van der Waals surface area (Å²) in [5.41, 5.74) is 0. The van der Waals surface area contributed by atoms with E-state index >= 15 is 0 Å². The fraction of sp³-hybridized carbons (Fsp3) is 0.333. The van der Waals surface area contributed by atoms with Gasteiger partial charge in [-0.1, -0.05) is 6.08 Å². The van der Waals surface area contributed by atoms with Crippen LogP contribution in [0.5, 0.6) is 0 Å². The number of halogens is 1. The lowest BCUT2D eigenvalue weighted by molar-refractivity contribution is 0.997. The average molecular weight is 242 g/mol. The van der Waals surface area contributed by atoms with Gasteiger partial charge in [-0.25, -0.2) is 9.97 Å². The molecule has 13 heavy (non-hydrogen) atoms. The molecular weight excluding hydrogens is 230 g/mol. The van der Waals surface area contributed by atoms with E-state index < -0.39 is 0 Å². The molecule has 0 bridgehead atoms. The van der Waals surface area contributed by atoms with Gasteiger partial charge in [0.05, 0.1) is 4.47 Å². The molecule has 1 rings (SSSR count). The molecule has 1 aromatic heterocycles. The predicted molar refractivity (Wildman–Crippen MR) is 57.8 cm³/mol. The molecular formula is C9H12BrN3. The molecule has 0 aliphatic heterocycles. The minimum absolute atomic E-state index is 0.768.